The molecular weight excluding hydrogens is 756 g/mol. The molecule has 6 rings (SSSR count). The quantitative estimate of drug-likeness (QED) is 0.132. The van der Waals surface area contributed by atoms with Crippen molar-refractivity contribution in [3.8, 4) is 0 Å². The molecule has 2 saturated heterocycles. The van der Waals surface area contributed by atoms with E-state index in [1.807, 2.05) is 38.1 Å². The monoisotopic (exact) mass is 783 g/mol. The first kappa shape index (κ1) is 28.1. The van der Waals surface area contributed by atoms with Crippen LogP contribution >= 0.6 is 56.9 Å². The van der Waals surface area contributed by atoms with Crippen LogP contribution in [0.1, 0.15) is 41.0 Å². The Morgan fingerprint density at radius 3 is 2.70 bits per heavy atom. The lowest BCUT2D eigenvalue weighted by atomic mass is 10.1. The molecule has 4 heterocycles. The van der Waals surface area contributed by atoms with Crippen LogP contribution in [-0.4, -0.2) is 55.3 Å². The Bertz CT molecular complexity index is 1540. The van der Waals surface area contributed by atoms with Crippen LogP contribution in [0.4, 0.5) is 5.82 Å². The minimum absolute atomic E-state index is 0.120. The van der Waals surface area contributed by atoms with Gasteiger partial charge in [-0.15, -0.1) is 11.8 Å². The molecule has 2 aromatic carbocycles. The lowest BCUT2D eigenvalue weighted by molar-refractivity contribution is -0.149. The zero-order chi connectivity index (χ0) is 27.9. The first-order chi connectivity index (χ1) is 19.3. The number of halogens is 2. The van der Waals surface area contributed by atoms with Crippen molar-refractivity contribution in [2.75, 3.05) is 11.9 Å². The number of hydrogen-bond acceptors (Lipinski definition) is 9. The molecule has 4 aromatic rings. The lowest BCUT2D eigenvalue weighted by Crippen LogP contribution is -2.32. The van der Waals surface area contributed by atoms with Gasteiger partial charge in [0.2, 0.25) is 0 Å². The second kappa shape index (κ2) is 11.7. The predicted octanol–water partition coefficient (Wildman–Crippen LogP) is 5.97. The number of fused-ring (bicyclic) bond motifs is 2. The second-order valence-electron chi connectivity index (χ2n) is 10.0. The number of carbonyl (C=O) groups excluding carboxylic acids is 1. The molecule has 0 spiro atoms. The summed E-state index contributed by atoms with van der Waals surface area (Å²) >= 11 is 6.25. The maximum absolute atomic E-state index is 12.7. The zero-order valence-corrected chi connectivity index (χ0v) is 26.9. The number of alkyl halides is 1. The summed E-state index contributed by atoms with van der Waals surface area (Å²) in [4.78, 5) is 27.0. The van der Waals surface area contributed by atoms with E-state index in [1.54, 1.807) is 30.2 Å². The van der Waals surface area contributed by atoms with Crippen molar-refractivity contribution in [1.29, 1.82) is 0 Å². The van der Waals surface area contributed by atoms with Gasteiger partial charge in [0, 0.05) is 10.1 Å². The fourth-order valence-electron chi connectivity index (χ4n) is 5.00. The van der Waals surface area contributed by atoms with Crippen LogP contribution in [0.3, 0.4) is 0 Å². The molecule has 2 aromatic heterocycles. The van der Waals surface area contributed by atoms with Crippen molar-refractivity contribution in [1.82, 2.24) is 19.5 Å². The molecule has 2 fully saturated rings. The van der Waals surface area contributed by atoms with Gasteiger partial charge in [0.25, 0.3) is 0 Å². The molecule has 2 aliphatic heterocycles. The lowest BCUT2D eigenvalue weighted by Gasteiger charge is -2.24. The molecule has 208 valence electrons. The maximum Gasteiger partial charge on any atom is 0.338 e. The van der Waals surface area contributed by atoms with E-state index in [-0.39, 0.29) is 35.4 Å². The van der Waals surface area contributed by atoms with Crippen LogP contribution in [0.2, 0.25) is 0 Å². The normalized spacial score (nSPS) is 23.3. The Morgan fingerprint density at radius 2 is 1.93 bits per heavy atom. The first-order valence-electron chi connectivity index (χ1n) is 12.8. The number of nitrogens with one attached hydrogen (secondary N) is 1. The van der Waals surface area contributed by atoms with E-state index in [9.17, 15) is 4.79 Å². The Labute approximate surface area is 263 Å². The van der Waals surface area contributed by atoms with Gasteiger partial charge in [-0.3, -0.25) is 4.57 Å². The van der Waals surface area contributed by atoms with Crippen LogP contribution in [0.25, 0.3) is 11.2 Å². The van der Waals surface area contributed by atoms with Gasteiger partial charge in [-0.1, -0.05) is 52.9 Å². The van der Waals surface area contributed by atoms with Gasteiger partial charge in [0.05, 0.1) is 21.6 Å². The van der Waals surface area contributed by atoms with Gasteiger partial charge >= 0.3 is 5.97 Å². The summed E-state index contributed by atoms with van der Waals surface area (Å²) in [7, 11) is 0. The number of benzene rings is 2. The molecular formula is C28H27I2N5O4S. The van der Waals surface area contributed by atoms with E-state index in [0.717, 1.165) is 17.0 Å². The molecule has 4 atom stereocenters. The van der Waals surface area contributed by atoms with E-state index in [1.165, 1.54) is 3.57 Å². The van der Waals surface area contributed by atoms with Crippen LogP contribution in [-0.2, 0) is 25.2 Å². The third kappa shape index (κ3) is 5.82. The largest absolute Gasteiger partial charge is 0.461 e. The van der Waals surface area contributed by atoms with Crippen LogP contribution in [0.5, 0.6) is 0 Å². The number of rotatable bonds is 8. The van der Waals surface area contributed by atoms with Gasteiger partial charge in [-0.2, -0.15) is 0 Å². The number of imidazole rings is 1. The smallest absolute Gasteiger partial charge is 0.338 e. The predicted molar refractivity (Wildman–Crippen MR) is 170 cm³/mol. The van der Waals surface area contributed by atoms with Gasteiger partial charge in [0.15, 0.2) is 17.3 Å². The first-order valence-corrected chi connectivity index (χ1v) is 16.4. The van der Waals surface area contributed by atoms with Gasteiger partial charge in [-0.05, 0) is 66.3 Å². The molecule has 12 heteroatoms. The molecule has 4 unspecified atom stereocenters. The standard InChI is InChI=1S/C28H27I2N5O4S/c1-28(2)38-22-19(14-37-27(36)17-8-4-3-5-9-17)40-26(23(22)39-28)35-15-32-21-24(33-20(12-29)34-25(21)35)31-13-16-7-6-10-18(30)11-16/h3-11,15,19,22-23,26H,12-14H2,1-2H3,(H,31,33,34). The second-order valence-corrected chi connectivity index (χ2v) is 13.4. The summed E-state index contributed by atoms with van der Waals surface area (Å²) in [5, 5.41) is 3.18. The Kier molecular flexibility index (Phi) is 8.23. The number of anilines is 1. The molecule has 0 amide bonds. The summed E-state index contributed by atoms with van der Waals surface area (Å²) in [6.45, 7) is 4.66. The summed E-state index contributed by atoms with van der Waals surface area (Å²) in [6, 6.07) is 17.4. The number of esters is 1. The third-order valence-corrected chi connectivity index (χ3v) is 9.61. The van der Waals surface area contributed by atoms with Crippen LogP contribution < -0.4 is 5.32 Å². The molecule has 1 N–H and O–H groups in total. The fraction of sp³-hybridized carbons (Fsp3) is 0.357. The van der Waals surface area contributed by atoms with Crippen LogP contribution in [0, 0.1) is 3.57 Å². The van der Waals surface area contributed by atoms with Crippen molar-refractivity contribution in [3.63, 3.8) is 0 Å². The van der Waals surface area contributed by atoms with Crippen molar-refractivity contribution < 1.29 is 19.0 Å². The van der Waals surface area contributed by atoms with E-state index >= 15 is 0 Å². The Balaban J connectivity index is 1.27. The molecule has 0 radical (unpaired) electrons. The average molecular weight is 783 g/mol. The van der Waals surface area contributed by atoms with Crippen molar-refractivity contribution >= 4 is 79.9 Å². The number of ether oxygens (including phenoxy) is 3. The third-order valence-electron chi connectivity index (χ3n) is 6.72. The van der Waals surface area contributed by atoms with E-state index in [0.29, 0.717) is 27.9 Å². The van der Waals surface area contributed by atoms with Gasteiger partial charge in [0.1, 0.15) is 35.5 Å². The molecule has 2 aliphatic rings. The molecule has 0 bridgehead atoms. The summed E-state index contributed by atoms with van der Waals surface area (Å²) < 4.78 is 22.3. The number of hydrogen-bond donors (Lipinski definition) is 1. The minimum atomic E-state index is -0.755. The molecule has 9 nitrogen and oxygen atoms in total. The highest BCUT2D eigenvalue weighted by molar-refractivity contribution is 14.1. The number of nitrogens with zero attached hydrogens (tertiary/aromatic N) is 4. The van der Waals surface area contributed by atoms with Crippen molar-refractivity contribution in [2.45, 2.75) is 53.4 Å². The Hall–Kier alpha value is -2.01. The van der Waals surface area contributed by atoms with E-state index in [2.05, 4.69) is 73.3 Å². The summed E-state index contributed by atoms with van der Waals surface area (Å²) in [5.41, 5.74) is 3.12. The number of thioether (sulfide) groups is 1. The molecule has 40 heavy (non-hydrogen) atoms. The number of aromatic nitrogens is 4. The molecule has 0 saturated carbocycles. The average Bonchev–Trinajstić information content (AvgIpc) is 3.61. The highest BCUT2D eigenvalue weighted by Gasteiger charge is 2.56. The summed E-state index contributed by atoms with van der Waals surface area (Å²) in [5.74, 6) is 0.313. The SMILES string of the molecule is CC1(C)OC2C(COC(=O)c3ccccc3)SC(n3cnc4c(NCc5cccc(I)c5)nc(CI)nc43)C2O1. The Morgan fingerprint density at radius 1 is 1.12 bits per heavy atom. The molecule has 0 aliphatic carbocycles. The van der Waals surface area contributed by atoms with Crippen molar-refractivity contribution in [3.05, 3.63) is 81.4 Å². The minimum Gasteiger partial charge on any atom is -0.461 e. The van der Waals surface area contributed by atoms with E-state index < -0.39 is 5.79 Å². The summed E-state index contributed by atoms with van der Waals surface area (Å²) in [6.07, 6.45) is 1.28. The topological polar surface area (TPSA) is 100 Å². The highest BCUT2D eigenvalue weighted by atomic mass is 127. The number of carbonyl (C=O) groups is 1. The highest BCUT2D eigenvalue weighted by Crippen LogP contribution is 2.51. The van der Waals surface area contributed by atoms with Gasteiger partial charge in [-0.25, -0.2) is 19.7 Å². The fourth-order valence-corrected chi connectivity index (χ4v) is 7.47. The van der Waals surface area contributed by atoms with Gasteiger partial charge < -0.3 is 19.5 Å². The zero-order valence-electron chi connectivity index (χ0n) is 21.8. The van der Waals surface area contributed by atoms with E-state index in [4.69, 9.17) is 29.2 Å². The van der Waals surface area contributed by atoms with Crippen LogP contribution in [0.15, 0.2) is 60.9 Å². The maximum atomic E-state index is 12.7. The van der Waals surface area contributed by atoms with Crippen molar-refractivity contribution in [2.24, 2.45) is 0 Å².